The van der Waals surface area contributed by atoms with Gasteiger partial charge < -0.3 is 4.90 Å². The second-order valence-corrected chi connectivity index (χ2v) is 9.39. The van der Waals surface area contributed by atoms with Crippen molar-refractivity contribution in [3.8, 4) is 0 Å². The summed E-state index contributed by atoms with van der Waals surface area (Å²) in [7, 11) is -3.75. The first-order chi connectivity index (χ1) is 12.3. The third-order valence-electron chi connectivity index (χ3n) is 4.57. The van der Waals surface area contributed by atoms with Gasteiger partial charge in [-0.1, -0.05) is 13.0 Å². The molecule has 2 heterocycles. The second-order valence-electron chi connectivity index (χ2n) is 6.20. The first-order valence-electron chi connectivity index (χ1n) is 8.47. The highest BCUT2D eigenvalue weighted by Gasteiger charge is 2.31. The van der Waals surface area contributed by atoms with E-state index in [2.05, 4.69) is 6.92 Å². The van der Waals surface area contributed by atoms with E-state index in [4.69, 9.17) is 0 Å². The number of piperazine rings is 1. The molecule has 0 spiro atoms. The van der Waals surface area contributed by atoms with Gasteiger partial charge in [-0.25, -0.2) is 12.8 Å². The van der Waals surface area contributed by atoms with Crippen molar-refractivity contribution in [2.75, 3.05) is 26.2 Å². The standard InChI is InChI=1S/C18H21FN2O3S2/c1-3-14-11-17(25-13(14)2)18(22)20-7-9-21(10-8-20)26(23,24)16-6-4-5-15(19)12-16/h4-6,11-12H,3,7-10H2,1-2H3. The molecule has 0 aliphatic carbocycles. The van der Waals surface area contributed by atoms with Gasteiger partial charge in [0.15, 0.2) is 0 Å². The lowest BCUT2D eigenvalue weighted by Crippen LogP contribution is -2.50. The lowest BCUT2D eigenvalue weighted by molar-refractivity contribution is 0.0702. The van der Waals surface area contributed by atoms with Gasteiger partial charge in [-0.05, 0) is 43.2 Å². The number of thiophene rings is 1. The van der Waals surface area contributed by atoms with E-state index in [-0.39, 0.29) is 23.9 Å². The monoisotopic (exact) mass is 396 g/mol. The number of benzene rings is 1. The van der Waals surface area contributed by atoms with E-state index in [1.807, 2.05) is 13.0 Å². The van der Waals surface area contributed by atoms with Crippen LogP contribution < -0.4 is 0 Å². The Morgan fingerprint density at radius 2 is 1.88 bits per heavy atom. The molecule has 0 atom stereocenters. The van der Waals surface area contributed by atoms with Crippen molar-refractivity contribution in [1.29, 1.82) is 0 Å². The molecule has 1 amide bonds. The maximum atomic E-state index is 13.3. The molecule has 1 saturated heterocycles. The molecular weight excluding hydrogens is 375 g/mol. The fourth-order valence-electron chi connectivity index (χ4n) is 3.04. The van der Waals surface area contributed by atoms with Gasteiger partial charge in [0.2, 0.25) is 10.0 Å². The Morgan fingerprint density at radius 3 is 2.46 bits per heavy atom. The Labute approximate surface area is 157 Å². The smallest absolute Gasteiger partial charge is 0.264 e. The summed E-state index contributed by atoms with van der Waals surface area (Å²) in [6.07, 6.45) is 0.884. The van der Waals surface area contributed by atoms with Crippen LogP contribution in [-0.2, 0) is 16.4 Å². The minimum atomic E-state index is -3.75. The first kappa shape index (κ1) is 19.0. The molecule has 1 aliphatic heterocycles. The number of sulfonamides is 1. The molecule has 0 unspecified atom stereocenters. The Hall–Kier alpha value is -1.77. The number of halogens is 1. The van der Waals surface area contributed by atoms with Crippen molar-refractivity contribution in [3.05, 3.63) is 51.5 Å². The Bertz CT molecular complexity index is 916. The number of hydrogen-bond acceptors (Lipinski definition) is 4. The molecule has 0 N–H and O–H groups in total. The van der Waals surface area contributed by atoms with Crippen molar-refractivity contribution >= 4 is 27.3 Å². The van der Waals surface area contributed by atoms with Crippen molar-refractivity contribution in [2.24, 2.45) is 0 Å². The molecule has 3 rings (SSSR count). The zero-order valence-corrected chi connectivity index (χ0v) is 16.4. The molecule has 2 aromatic rings. The second kappa shape index (κ2) is 7.46. The van der Waals surface area contributed by atoms with Gasteiger partial charge in [0.05, 0.1) is 9.77 Å². The molecule has 0 saturated carbocycles. The molecule has 8 heteroatoms. The zero-order chi connectivity index (χ0) is 18.9. The van der Waals surface area contributed by atoms with Gasteiger partial charge in [-0.2, -0.15) is 4.31 Å². The van der Waals surface area contributed by atoms with Gasteiger partial charge in [0.25, 0.3) is 5.91 Å². The number of carbonyl (C=O) groups is 1. The van der Waals surface area contributed by atoms with Crippen LogP contribution in [0.3, 0.4) is 0 Å². The van der Waals surface area contributed by atoms with E-state index in [1.165, 1.54) is 39.4 Å². The van der Waals surface area contributed by atoms with Crippen molar-refractivity contribution in [2.45, 2.75) is 25.2 Å². The number of rotatable bonds is 4. The maximum absolute atomic E-state index is 13.3. The summed E-state index contributed by atoms with van der Waals surface area (Å²) >= 11 is 1.48. The predicted octanol–water partition coefficient (Wildman–Crippen LogP) is 2.90. The van der Waals surface area contributed by atoms with Crippen LogP contribution in [0.5, 0.6) is 0 Å². The van der Waals surface area contributed by atoms with Crippen molar-refractivity contribution < 1.29 is 17.6 Å². The van der Waals surface area contributed by atoms with Crippen molar-refractivity contribution in [3.63, 3.8) is 0 Å². The molecule has 1 aliphatic rings. The average Bonchev–Trinajstić information content (AvgIpc) is 3.02. The molecule has 1 fully saturated rings. The summed E-state index contributed by atoms with van der Waals surface area (Å²) < 4.78 is 39.9. The van der Waals surface area contributed by atoms with E-state index in [0.717, 1.165) is 17.4 Å². The summed E-state index contributed by atoms with van der Waals surface area (Å²) in [6.45, 7) is 5.12. The Morgan fingerprint density at radius 1 is 1.19 bits per heavy atom. The lowest BCUT2D eigenvalue weighted by atomic mass is 10.2. The number of amides is 1. The normalized spacial score (nSPS) is 16.0. The van der Waals surface area contributed by atoms with Gasteiger partial charge in [0.1, 0.15) is 5.82 Å². The summed E-state index contributed by atoms with van der Waals surface area (Å²) in [4.78, 5) is 16.1. The molecule has 1 aromatic heterocycles. The van der Waals surface area contributed by atoms with E-state index < -0.39 is 15.8 Å². The zero-order valence-electron chi connectivity index (χ0n) is 14.7. The number of aryl methyl sites for hydroxylation is 2. The summed E-state index contributed by atoms with van der Waals surface area (Å²) in [6, 6.07) is 6.93. The number of nitrogens with zero attached hydrogens (tertiary/aromatic N) is 2. The van der Waals surface area contributed by atoms with Crippen LogP contribution in [0.15, 0.2) is 35.2 Å². The minimum absolute atomic E-state index is 0.0550. The molecule has 140 valence electrons. The van der Waals surface area contributed by atoms with Crippen LogP contribution in [0, 0.1) is 12.7 Å². The third-order valence-corrected chi connectivity index (χ3v) is 7.55. The van der Waals surface area contributed by atoms with Crippen LogP contribution in [0.1, 0.15) is 27.0 Å². The van der Waals surface area contributed by atoms with Crippen LogP contribution in [0.4, 0.5) is 4.39 Å². The first-order valence-corrected chi connectivity index (χ1v) is 10.7. The molecular formula is C18H21FN2O3S2. The fourth-order valence-corrected chi connectivity index (χ4v) is 5.58. The van der Waals surface area contributed by atoms with Crippen LogP contribution in [-0.4, -0.2) is 49.7 Å². The summed E-state index contributed by atoms with van der Waals surface area (Å²) in [5.41, 5.74) is 1.17. The van der Waals surface area contributed by atoms with Crippen LogP contribution in [0.2, 0.25) is 0 Å². The average molecular weight is 397 g/mol. The number of carbonyl (C=O) groups excluding carboxylic acids is 1. The molecule has 26 heavy (non-hydrogen) atoms. The Balaban J connectivity index is 1.69. The fraction of sp³-hybridized carbons (Fsp3) is 0.389. The van der Waals surface area contributed by atoms with E-state index >= 15 is 0 Å². The van der Waals surface area contributed by atoms with Crippen LogP contribution in [0.25, 0.3) is 0 Å². The van der Waals surface area contributed by atoms with Crippen molar-refractivity contribution in [1.82, 2.24) is 9.21 Å². The Kier molecular flexibility index (Phi) is 5.45. The highest BCUT2D eigenvalue weighted by Crippen LogP contribution is 2.25. The third kappa shape index (κ3) is 3.67. The predicted molar refractivity (Wildman–Crippen MR) is 99.5 cm³/mol. The minimum Gasteiger partial charge on any atom is -0.335 e. The van der Waals surface area contributed by atoms with E-state index in [0.29, 0.717) is 18.0 Å². The molecule has 1 aromatic carbocycles. The molecule has 0 radical (unpaired) electrons. The van der Waals surface area contributed by atoms with E-state index in [1.54, 1.807) is 4.90 Å². The molecule has 5 nitrogen and oxygen atoms in total. The summed E-state index contributed by atoms with van der Waals surface area (Å²) in [5.74, 6) is -0.639. The quantitative estimate of drug-likeness (QED) is 0.799. The summed E-state index contributed by atoms with van der Waals surface area (Å²) in [5, 5.41) is 0. The largest absolute Gasteiger partial charge is 0.335 e. The van der Waals surface area contributed by atoms with Gasteiger partial charge in [-0.3, -0.25) is 4.79 Å². The topological polar surface area (TPSA) is 57.7 Å². The van der Waals surface area contributed by atoms with Gasteiger partial charge in [-0.15, -0.1) is 11.3 Å². The molecule has 0 bridgehead atoms. The number of hydrogen-bond donors (Lipinski definition) is 0. The van der Waals surface area contributed by atoms with Crippen LogP contribution >= 0.6 is 11.3 Å². The highest BCUT2D eigenvalue weighted by molar-refractivity contribution is 7.89. The van der Waals surface area contributed by atoms with Gasteiger partial charge >= 0.3 is 0 Å². The highest BCUT2D eigenvalue weighted by atomic mass is 32.2. The van der Waals surface area contributed by atoms with Gasteiger partial charge in [0, 0.05) is 31.1 Å². The SMILES string of the molecule is CCc1cc(C(=O)N2CCN(S(=O)(=O)c3cccc(F)c3)CC2)sc1C. The maximum Gasteiger partial charge on any atom is 0.264 e. The van der Waals surface area contributed by atoms with E-state index in [9.17, 15) is 17.6 Å². The lowest BCUT2D eigenvalue weighted by Gasteiger charge is -2.33.